The molecule has 0 bridgehead atoms. The molecule has 0 radical (unpaired) electrons. The van der Waals surface area contributed by atoms with Gasteiger partial charge in [0.2, 0.25) is 5.91 Å². The Bertz CT molecular complexity index is 604. The van der Waals surface area contributed by atoms with E-state index in [1.54, 1.807) is 13.8 Å². The zero-order chi connectivity index (χ0) is 17.9. The summed E-state index contributed by atoms with van der Waals surface area (Å²) in [6.07, 6.45) is 0.307. The van der Waals surface area contributed by atoms with E-state index < -0.39 is 32.7 Å². The molecular weight excluding hydrogens is 335 g/mol. The van der Waals surface area contributed by atoms with Gasteiger partial charge in [0, 0.05) is 19.6 Å². The molecule has 0 aromatic carbocycles. The first-order valence-corrected chi connectivity index (χ1v) is 9.89. The van der Waals surface area contributed by atoms with Crippen LogP contribution in [0, 0.1) is 11.3 Å². The van der Waals surface area contributed by atoms with Crippen molar-refractivity contribution in [3.63, 3.8) is 0 Å². The maximum absolute atomic E-state index is 13.4. The first-order chi connectivity index (χ1) is 11.3. The van der Waals surface area contributed by atoms with Gasteiger partial charge in [0.15, 0.2) is 9.84 Å². The first kappa shape index (κ1) is 19.1. The molecule has 136 valence electrons. The van der Waals surface area contributed by atoms with Gasteiger partial charge in [-0.2, -0.15) is 5.26 Å². The third-order valence-corrected chi connectivity index (χ3v) is 7.26. The lowest BCUT2D eigenvalue weighted by Crippen LogP contribution is -2.47. The summed E-state index contributed by atoms with van der Waals surface area (Å²) in [4.78, 5) is 15.2. The number of nitrogens with one attached hydrogen (secondary N) is 1. The fourth-order valence-corrected chi connectivity index (χ4v) is 4.97. The number of hydrogen-bond acceptors (Lipinski definition) is 6. The van der Waals surface area contributed by atoms with Crippen LogP contribution in [0.1, 0.15) is 33.1 Å². The van der Waals surface area contributed by atoms with Crippen LogP contribution in [0.3, 0.4) is 0 Å². The number of likely N-dealkylation sites (tertiary alicyclic amines) is 2. The molecule has 7 nitrogen and oxygen atoms in total. The molecule has 2 heterocycles. The van der Waals surface area contributed by atoms with Gasteiger partial charge in [-0.15, -0.1) is 0 Å². The largest absolute Gasteiger partial charge is 0.323 e. The number of nitrogens with zero attached hydrogens (tertiary/aromatic N) is 3. The quantitative estimate of drug-likeness (QED) is 0.729. The van der Waals surface area contributed by atoms with E-state index in [1.165, 1.54) is 4.90 Å². The average molecular weight is 360 g/mol. The van der Waals surface area contributed by atoms with E-state index in [2.05, 4.69) is 5.32 Å². The Hall–Kier alpha value is -1.24. The van der Waals surface area contributed by atoms with E-state index in [1.807, 2.05) is 11.0 Å². The third kappa shape index (κ3) is 4.05. The lowest BCUT2D eigenvalue weighted by molar-refractivity contribution is -0.130. The van der Waals surface area contributed by atoms with Crippen LogP contribution in [-0.2, 0) is 14.6 Å². The van der Waals surface area contributed by atoms with Gasteiger partial charge in [-0.1, -0.05) is 0 Å². The van der Waals surface area contributed by atoms with E-state index in [9.17, 15) is 17.6 Å². The Morgan fingerprint density at radius 3 is 2.79 bits per heavy atom. The van der Waals surface area contributed by atoms with Crippen molar-refractivity contribution in [2.75, 3.05) is 26.3 Å². The van der Waals surface area contributed by atoms with Crippen molar-refractivity contribution in [2.45, 2.75) is 55.9 Å². The normalized spacial score (nSPS) is 28.5. The fourth-order valence-electron chi connectivity index (χ4n) is 3.25. The zero-order valence-corrected chi connectivity index (χ0v) is 14.9. The Morgan fingerprint density at radius 1 is 1.46 bits per heavy atom. The van der Waals surface area contributed by atoms with Gasteiger partial charge in [-0.25, -0.2) is 12.8 Å². The molecule has 2 aliphatic heterocycles. The zero-order valence-electron chi connectivity index (χ0n) is 14.1. The molecule has 9 heteroatoms. The van der Waals surface area contributed by atoms with Crippen LogP contribution < -0.4 is 5.32 Å². The molecule has 2 aliphatic rings. The number of hydrogen-bond donors (Lipinski definition) is 1. The van der Waals surface area contributed by atoms with Crippen molar-refractivity contribution in [3.8, 4) is 6.07 Å². The van der Waals surface area contributed by atoms with E-state index in [4.69, 9.17) is 5.26 Å². The van der Waals surface area contributed by atoms with E-state index in [0.29, 0.717) is 13.0 Å². The smallest absolute Gasteiger partial charge is 0.237 e. The second kappa shape index (κ2) is 7.76. The number of rotatable bonds is 6. The molecule has 0 unspecified atom stereocenters. The molecule has 1 amide bonds. The van der Waals surface area contributed by atoms with Crippen molar-refractivity contribution < 1.29 is 17.6 Å². The number of carbonyl (C=O) groups excluding carboxylic acids is 1. The Morgan fingerprint density at radius 2 is 2.17 bits per heavy atom. The first-order valence-electron chi connectivity index (χ1n) is 8.28. The van der Waals surface area contributed by atoms with Crippen LogP contribution in [0.2, 0.25) is 0 Å². The molecule has 3 atom stereocenters. The Labute approximate surface area is 142 Å². The average Bonchev–Trinajstić information content (AvgIpc) is 3.13. The van der Waals surface area contributed by atoms with Crippen LogP contribution in [0.4, 0.5) is 4.39 Å². The Kier molecular flexibility index (Phi) is 6.17. The molecule has 0 aliphatic carbocycles. The fraction of sp³-hybridized carbons (Fsp3) is 0.867. The maximum Gasteiger partial charge on any atom is 0.237 e. The summed E-state index contributed by atoms with van der Waals surface area (Å²) in [5.74, 6) is -0.329. The molecule has 0 aromatic rings. The molecule has 2 saturated heterocycles. The molecule has 2 rings (SSSR count). The number of nitriles is 1. The minimum Gasteiger partial charge on any atom is -0.323 e. The molecular formula is C15H25FN4O3S. The summed E-state index contributed by atoms with van der Waals surface area (Å²) in [6.45, 7) is 4.21. The van der Waals surface area contributed by atoms with Gasteiger partial charge >= 0.3 is 0 Å². The number of carbonyl (C=O) groups is 1. The maximum atomic E-state index is 13.4. The second-order valence-electron chi connectivity index (χ2n) is 6.66. The van der Waals surface area contributed by atoms with E-state index in [-0.39, 0.29) is 32.1 Å². The summed E-state index contributed by atoms with van der Waals surface area (Å²) in [5.41, 5.74) is 0. The second-order valence-corrected chi connectivity index (χ2v) is 9.32. The molecule has 0 spiro atoms. The Balaban J connectivity index is 1.85. The van der Waals surface area contributed by atoms with Crippen LogP contribution >= 0.6 is 0 Å². The number of sulfone groups is 1. The van der Waals surface area contributed by atoms with Gasteiger partial charge in [-0.05, 0) is 26.7 Å². The standard InChI is InChI=1S/C15H25FN4O3S/c1-11(2)24(22,23)15-4-3-5-19(15)10-18-8-14(21)20-9-12(16)6-13(20)7-17/h11-13,15,18H,3-6,8-10H2,1-2H3/t12-,13-,15-/m0/s1. The number of halogens is 1. The highest BCUT2D eigenvalue weighted by atomic mass is 32.2. The monoisotopic (exact) mass is 360 g/mol. The van der Waals surface area contributed by atoms with E-state index >= 15 is 0 Å². The molecule has 0 saturated carbocycles. The van der Waals surface area contributed by atoms with Gasteiger partial charge in [0.1, 0.15) is 17.6 Å². The predicted octanol–water partition coefficient (Wildman–Crippen LogP) is 0.241. The number of amides is 1. The van der Waals surface area contributed by atoms with Crippen LogP contribution in [0.15, 0.2) is 0 Å². The lowest BCUT2D eigenvalue weighted by Gasteiger charge is -2.26. The number of alkyl halides is 1. The van der Waals surface area contributed by atoms with Crippen LogP contribution in [0.25, 0.3) is 0 Å². The van der Waals surface area contributed by atoms with Crippen molar-refractivity contribution >= 4 is 15.7 Å². The van der Waals surface area contributed by atoms with Crippen molar-refractivity contribution in [2.24, 2.45) is 0 Å². The van der Waals surface area contributed by atoms with Gasteiger partial charge < -0.3 is 4.90 Å². The highest BCUT2D eigenvalue weighted by Crippen LogP contribution is 2.24. The minimum atomic E-state index is -3.21. The summed E-state index contributed by atoms with van der Waals surface area (Å²) in [6, 6.07) is 1.23. The summed E-state index contributed by atoms with van der Waals surface area (Å²) >= 11 is 0. The van der Waals surface area contributed by atoms with E-state index in [0.717, 1.165) is 6.42 Å². The predicted molar refractivity (Wildman–Crippen MR) is 87.3 cm³/mol. The SMILES string of the molecule is CC(C)S(=O)(=O)[C@H]1CCCN1CNCC(=O)N1C[C@@H](F)C[C@H]1C#N. The summed E-state index contributed by atoms with van der Waals surface area (Å²) < 4.78 is 38.0. The summed E-state index contributed by atoms with van der Waals surface area (Å²) in [7, 11) is -3.21. The van der Waals surface area contributed by atoms with Crippen molar-refractivity contribution in [3.05, 3.63) is 0 Å². The van der Waals surface area contributed by atoms with Crippen molar-refractivity contribution in [1.29, 1.82) is 5.26 Å². The highest BCUT2D eigenvalue weighted by Gasteiger charge is 2.38. The highest BCUT2D eigenvalue weighted by molar-refractivity contribution is 7.92. The third-order valence-electron chi connectivity index (χ3n) is 4.65. The molecule has 0 aromatic heterocycles. The lowest BCUT2D eigenvalue weighted by atomic mass is 10.2. The van der Waals surface area contributed by atoms with Crippen LogP contribution in [-0.4, -0.2) is 73.3 Å². The van der Waals surface area contributed by atoms with Crippen molar-refractivity contribution in [1.82, 2.24) is 15.1 Å². The minimum absolute atomic E-state index is 0.0319. The summed E-state index contributed by atoms with van der Waals surface area (Å²) in [5, 5.41) is 11.0. The van der Waals surface area contributed by atoms with Gasteiger partial charge in [-0.3, -0.25) is 15.0 Å². The van der Waals surface area contributed by atoms with Crippen LogP contribution in [0.5, 0.6) is 0 Å². The molecule has 24 heavy (non-hydrogen) atoms. The van der Waals surface area contributed by atoms with Gasteiger partial charge in [0.05, 0.1) is 24.4 Å². The topological polar surface area (TPSA) is 93.5 Å². The molecule has 1 N–H and O–H groups in total. The van der Waals surface area contributed by atoms with Gasteiger partial charge in [0.25, 0.3) is 0 Å². The molecule has 2 fully saturated rings.